The number of nitrogens with two attached hydrogens (primary N) is 1. The molecule has 0 bridgehead atoms. The third-order valence-corrected chi connectivity index (χ3v) is 5.57. The number of hydrogen-bond acceptors (Lipinski definition) is 4. The molecule has 6 nitrogen and oxygen atoms in total. The SMILES string of the molecule is Cl.Cl.NC1(C(=O)NCC(=O)N2CCN(Cc3ccccc3)CC2)CCCCC1. The van der Waals surface area contributed by atoms with Crippen molar-refractivity contribution < 1.29 is 9.59 Å². The molecule has 1 aliphatic carbocycles. The molecule has 28 heavy (non-hydrogen) atoms. The Morgan fingerprint density at radius 2 is 1.57 bits per heavy atom. The van der Waals surface area contributed by atoms with Gasteiger partial charge in [0.05, 0.1) is 12.1 Å². The zero-order valence-electron chi connectivity index (χ0n) is 16.3. The highest BCUT2D eigenvalue weighted by atomic mass is 35.5. The first-order chi connectivity index (χ1) is 12.6. The standard InChI is InChI=1S/C20H30N4O2.2ClH/c21-20(9-5-2-6-10-20)19(26)22-15-18(25)24-13-11-23(12-14-24)16-17-7-3-1-4-8-17;;/h1,3-4,7-8H,2,5-6,9-16,21H2,(H,22,26);2*1H. The van der Waals surface area contributed by atoms with Crippen LogP contribution >= 0.6 is 24.8 Å². The van der Waals surface area contributed by atoms with Crippen molar-refractivity contribution >= 4 is 36.6 Å². The van der Waals surface area contributed by atoms with Crippen molar-refractivity contribution in [2.75, 3.05) is 32.7 Å². The molecule has 1 saturated heterocycles. The summed E-state index contributed by atoms with van der Waals surface area (Å²) in [6, 6.07) is 10.4. The summed E-state index contributed by atoms with van der Waals surface area (Å²) in [4.78, 5) is 28.9. The van der Waals surface area contributed by atoms with Crippen molar-refractivity contribution in [1.82, 2.24) is 15.1 Å². The van der Waals surface area contributed by atoms with Gasteiger partial charge in [-0.2, -0.15) is 0 Å². The first-order valence-corrected chi connectivity index (χ1v) is 9.68. The lowest BCUT2D eigenvalue weighted by molar-refractivity contribution is -0.136. The van der Waals surface area contributed by atoms with E-state index >= 15 is 0 Å². The molecule has 1 aromatic rings. The Hall–Kier alpha value is -1.34. The lowest BCUT2D eigenvalue weighted by Gasteiger charge is -2.35. The lowest BCUT2D eigenvalue weighted by Crippen LogP contribution is -2.57. The van der Waals surface area contributed by atoms with Gasteiger partial charge in [-0.05, 0) is 18.4 Å². The van der Waals surface area contributed by atoms with Crippen LogP contribution in [-0.4, -0.2) is 59.9 Å². The fraction of sp³-hybridized carbons (Fsp3) is 0.600. The van der Waals surface area contributed by atoms with E-state index in [-0.39, 0.29) is 43.2 Å². The molecule has 2 aliphatic rings. The quantitative estimate of drug-likeness (QED) is 0.747. The molecule has 3 N–H and O–H groups in total. The molecule has 1 aromatic carbocycles. The molecular weight excluding hydrogens is 399 g/mol. The predicted molar refractivity (Wildman–Crippen MR) is 116 cm³/mol. The van der Waals surface area contributed by atoms with Crippen molar-refractivity contribution in [3.05, 3.63) is 35.9 Å². The van der Waals surface area contributed by atoms with Gasteiger partial charge < -0.3 is 16.0 Å². The van der Waals surface area contributed by atoms with Crippen LogP contribution in [0.1, 0.15) is 37.7 Å². The molecule has 0 unspecified atom stereocenters. The molecule has 2 amide bonds. The molecule has 1 aliphatic heterocycles. The predicted octanol–water partition coefficient (Wildman–Crippen LogP) is 1.95. The maximum Gasteiger partial charge on any atom is 0.242 e. The second kappa shape index (κ2) is 11.6. The summed E-state index contributed by atoms with van der Waals surface area (Å²) >= 11 is 0. The summed E-state index contributed by atoms with van der Waals surface area (Å²) in [6.07, 6.45) is 4.54. The topological polar surface area (TPSA) is 78.7 Å². The number of hydrogen-bond donors (Lipinski definition) is 2. The Kier molecular flexibility index (Phi) is 10.2. The van der Waals surface area contributed by atoms with Crippen molar-refractivity contribution in [3.63, 3.8) is 0 Å². The van der Waals surface area contributed by atoms with Gasteiger partial charge in [-0.25, -0.2) is 0 Å². The Bertz CT molecular complexity index is 616. The van der Waals surface area contributed by atoms with Crippen LogP contribution < -0.4 is 11.1 Å². The van der Waals surface area contributed by atoms with Crippen LogP contribution in [0.25, 0.3) is 0 Å². The summed E-state index contributed by atoms with van der Waals surface area (Å²) < 4.78 is 0. The van der Waals surface area contributed by atoms with Crippen LogP contribution in [0.15, 0.2) is 30.3 Å². The van der Waals surface area contributed by atoms with Gasteiger partial charge in [-0.3, -0.25) is 14.5 Å². The summed E-state index contributed by atoms with van der Waals surface area (Å²) in [5, 5.41) is 2.77. The average molecular weight is 431 g/mol. The molecule has 1 saturated carbocycles. The number of benzene rings is 1. The second-order valence-corrected chi connectivity index (χ2v) is 7.54. The maximum atomic E-state index is 12.4. The molecule has 158 valence electrons. The fourth-order valence-corrected chi connectivity index (χ4v) is 3.85. The van der Waals surface area contributed by atoms with E-state index in [1.807, 2.05) is 23.1 Å². The fourth-order valence-electron chi connectivity index (χ4n) is 3.85. The van der Waals surface area contributed by atoms with Gasteiger partial charge in [0.2, 0.25) is 11.8 Å². The summed E-state index contributed by atoms with van der Waals surface area (Å²) in [5.74, 6) is -0.189. The average Bonchev–Trinajstić information content (AvgIpc) is 2.68. The van der Waals surface area contributed by atoms with Crippen LogP contribution in [0.3, 0.4) is 0 Å². The van der Waals surface area contributed by atoms with E-state index in [4.69, 9.17) is 5.73 Å². The number of rotatable bonds is 5. The lowest BCUT2D eigenvalue weighted by atomic mass is 9.82. The Morgan fingerprint density at radius 3 is 2.18 bits per heavy atom. The van der Waals surface area contributed by atoms with Gasteiger partial charge in [0, 0.05) is 32.7 Å². The van der Waals surface area contributed by atoms with Crippen LogP contribution in [0.5, 0.6) is 0 Å². The van der Waals surface area contributed by atoms with Gasteiger partial charge >= 0.3 is 0 Å². The van der Waals surface area contributed by atoms with E-state index in [0.29, 0.717) is 25.9 Å². The van der Waals surface area contributed by atoms with Gasteiger partial charge in [0.25, 0.3) is 0 Å². The van der Waals surface area contributed by atoms with Crippen molar-refractivity contribution in [2.24, 2.45) is 5.73 Å². The van der Waals surface area contributed by atoms with Gasteiger partial charge in [-0.15, -0.1) is 24.8 Å². The number of halogens is 2. The van der Waals surface area contributed by atoms with Crippen molar-refractivity contribution in [2.45, 2.75) is 44.2 Å². The molecule has 1 heterocycles. The largest absolute Gasteiger partial charge is 0.345 e. The van der Waals surface area contributed by atoms with Crippen LogP contribution in [0.2, 0.25) is 0 Å². The minimum Gasteiger partial charge on any atom is -0.345 e. The van der Waals surface area contributed by atoms with E-state index in [1.54, 1.807) is 0 Å². The Morgan fingerprint density at radius 1 is 0.964 bits per heavy atom. The van der Waals surface area contributed by atoms with E-state index in [0.717, 1.165) is 38.9 Å². The maximum absolute atomic E-state index is 12.4. The Labute approximate surface area is 180 Å². The molecule has 0 atom stereocenters. The number of nitrogens with zero attached hydrogens (tertiary/aromatic N) is 2. The normalized spacial score (nSPS) is 19.1. The highest BCUT2D eigenvalue weighted by Gasteiger charge is 2.35. The van der Waals surface area contributed by atoms with Gasteiger partial charge in [-0.1, -0.05) is 49.6 Å². The molecule has 8 heteroatoms. The van der Waals surface area contributed by atoms with E-state index < -0.39 is 5.54 Å². The highest BCUT2D eigenvalue weighted by molar-refractivity contribution is 5.90. The number of piperazine rings is 1. The van der Waals surface area contributed by atoms with Crippen LogP contribution in [0.4, 0.5) is 0 Å². The van der Waals surface area contributed by atoms with Gasteiger partial charge in [0.15, 0.2) is 0 Å². The van der Waals surface area contributed by atoms with Crippen LogP contribution in [0, 0.1) is 0 Å². The number of carbonyl (C=O) groups is 2. The molecular formula is C20H32Cl2N4O2. The first kappa shape index (κ1) is 24.7. The third kappa shape index (κ3) is 6.62. The smallest absolute Gasteiger partial charge is 0.242 e. The minimum absolute atomic E-state index is 0. The third-order valence-electron chi connectivity index (χ3n) is 5.57. The summed E-state index contributed by atoms with van der Waals surface area (Å²) in [5.41, 5.74) is 6.72. The van der Waals surface area contributed by atoms with E-state index in [1.165, 1.54) is 5.56 Å². The zero-order chi connectivity index (χ0) is 18.4. The van der Waals surface area contributed by atoms with Crippen molar-refractivity contribution in [3.8, 4) is 0 Å². The van der Waals surface area contributed by atoms with E-state index in [9.17, 15) is 9.59 Å². The minimum atomic E-state index is -0.785. The Balaban J connectivity index is 0.00000196. The summed E-state index contributed by atoms with van der Waals surface area (Å²) in [7, 11) is 0. The zero-order valence-corrected chi connectivity index (χ0v) is 17.9. The monoisotopic (exact) mass is 430 g/mol. The first-order valence-electron chi connectivity index (χ1n) is 9.68. The molecule has 3 rings (SSSR count). The number of nitrogens with one attached hydrogen (secondary N) is 1. The number of carbonyl (C=O) groups excluding carboxylic acids is 2. The molecule has 0 spiro atoms. The highest BCUT2D eigenvalue weighted by Crippen LogP contribution is 2.25. The van der Waals surface area contributed by atoms with E-state index in [2.05, 4.69) is 22.3 Å². The molecule has 0 radical (unpaired) electrons. The van der Waals surface area contributed by atoms with Gasteiger partial charge in [0.1, 0.15) is 0 Å². The molecule has 0 aromatic heterocycles. The number of amides is 2. The second-order valence-electron chi connectivity index (χ2n) is 7.54. The van der Waals surface area contributed by atoms with Crippen molar-refractivity contribution in [1.29, 1.82) is 0 Å². The molecule has 2 fully saturated rings. The summed E-state index contributed by atoms with van der Waals surface area (Å²) in [6.45, 7) is 4.08. The van der Waals surface area contributed by atoms with Crippen LogP contribution in [-0.2, 0) is 16.1 Å².